The van der Waals surface area contributed by atoms with E-state index < -0.39 is 11.6 Å². The van der Waals surface area contributed by atoms with Crippen LogP contribution in [0.15, 0.2) is 40.9 Å². The van der Waals surface area contributed by atoms with Crippen LogP contribution in [0.4, 0.5) is 13.2 Å². The Hall–Kier alpha value is -0.810. The van der Waals surface area contributed by atoms with Gasteiger partial charge in [0.1, 0.15) is 5.82 Å². The molecule has 0 heterocycles. The fourth-order valence-electron chi connectivity index (χ4n) is 1.72. The first-order valence-corrected chi connectivity index (χ1v) is 7.22. The molecule has 2 aromatic rings. The highest BCUT2D eigenvalue weighted by molar-refractivity contribution is 9.10. The van der Waals surface area contributed by atoms with Crippen molar-refractivity contribution < 1.29 is 13.2 Å². The molecule has 0 aliphatic heterocycles. The van der Waals surface area contributed by atoms with Crippen LogP contribution in [0.5, 0.6) is 0 Å². The van der Waals surface area contributed by atoms with Crippen molar-refractivity contribution in [2.24, 2.45) is 0 Å². The average molecular weight is 394 g/mol. The van der Waals surface area contributed by atoms with Gasteiger partial charge in [0.15, 0.2) is 11.6 Å². The number of alkyl halides is 1. The molecule has 1 atom stereocenters. The van der Waals surface area contributed by atoms with Crippen molar-refractivity contribution in [2.75, 3.05) is 0 Å². The first-order valence-electron chi connectivity index (χ1n) is 5.51. The summed E-state index contributed by atoms with van der Waals surface area (Å²) in [6.07, 6.45) is 0.241. The summed E-state index contributed by atoms with van der Waals surface area (Å²) < 4.78 is 40.4. The third-order valence-electron chi connectivity index (χ3n) is 2.74. The van der Waals surface area contributed by atoms with Gasteiger partial charge < -0.3 is 0 Å². The van der Waals surface area contributed by atoms with Gasteiger partial charge in [-0.1, -0.05) is 34.1 Å². The summed E-state index contributed by atoms with van der Waals surface area (Å²) in [5.74, 6) is -2.12. The lowest BCUT2D eigenvalue weighted by atomic mass is 10.0. The highest BCUT2D eigenvalue weighted by Gasteiger charge is 2.15. The number of benzene rings is 2. The topological polar surface area (TPSA) is 0 Å². The summed E-state index contributed by atoms with van der Waals surface area (Å²) >= 11 is 6.44. The van der Waals surface area contributed by atoms with Crippen molar-refractivity contribution in [2.45, 2.75) is 11.2 Å². The number of hydrogen-bond acceptors (Lipinski definition) is 0. The van der Waals surface area contributed by atoms with E-state index in [4.69, 9.17) is 0 Å². The first-order chi connectivity index (χ1) is 8.99. The molecule has 19 heavy (non-hydrogen) atoms. The molecule has 5 heteroatoms. The standard InChI is InChI=1S/C14H9Br2F3/c15-10-5-4-8(7-13(10)18)11(16)6-9-2-1-3-12(17)14(9)19/h1-5,7,11H,6H2. The lowest BCUT2D eigenvalue weighted by molar-refractivity contribution is 0.498. The second-order valence-electron chi connectivity index (χ2n) is 4.06. The van der Waals surface area contributed by atoms with Gasteiger partial charge >= 0.3 is 0 Å². The van der Waals surface area contributed by atoms with E-state index in [0.29, 0.717) is 10.0 Å². The summed E-state index contributed by atoms with van der Waals surface area (Å²) in [6, 6.07) is 8.71. The minimum Gasteiger partial charge on any atom is -0.206 e. The van der Waals surface area contributed by atoms with Crippen molar-refractivity contribution in [3.8, 4) is 0 Å². The molecule has 0 spiro atoms. The van der Waals surface area contributed by atoms with Crippen LogP contribution < -0.4 is 0 Å². The van der Waals surface area contributed by atoms with E-state index in [1.54, 1.807) is 12.1 Å². The van der Waals surface area contributed by atoms with E-state index >= 15 is 0 Å². The molecule has 2 aromatic carbocycles. The number of halogens is 5. The molecule has 0 radical (unpaired) electrons. The molecule has 0 aromatic heterocycles. The van der Waals surface area contributed by atoms with Gasteiger partial charge in [0, 0.05) is 4.83 Å². The van der Waals surface area contributed by atoms with Crippen LogP contribution in [0.3, 0.4) is 0 Å². The Bertz CT molecular complexity index is 599. The van der Waals surface area contributed by atoms with Gasteiger partial charge in [0.05, 0.1) is 4.47 Å². The zero-order valence-corrected chi connectivity index (χ0v) is 12.8. The van der Waals surface area contributed by atoms with Gasteiger partial charge in [0.2, 0.25) is 0 Å². The van der Waals surface area contributed by atoms with Crippen molar-refractivity contribution in [3.05, 3.63) is 69.4 Å². The number of hydrogen-bond donors (Lipinski definition) is 0. The summed E-state index contributed by atoms with van der Waals surface area (Å²) in [6.45, 7) is 0. The van der Waals surface area contributed by atoms with Gasteiger partial charge in [-0.3, -0.25) is 0 Å². The predicted octanol–water partition coefficient (Wildman–Crippen LogP) is 5.55. The van der Waals surface area contributed by atoms with E-state index in [0.717, 1.165) is 6.07 Å². The Kier molecular flexibility index (Phi) is 4.68. The fraction of sp³-hybridized carbons (Fsp3) is 0.143. The molecular weight excluding hydrogens is 385 g/mol. The van der Waals surface area contributed by atoms with Crippen LogP contribution in [-0.2, 0) is 6.42 Å². The molecule has 1 unspecified atom stereocenters. The highest BCUT2D eigenvalue weighted by Crippen LogP contribution is 2.30. The Morgan fingerprint density at radius 2 is 1.74 bits per heavy atom. The van der Waals surface area contributed by atoms with E-state index in [1.807, 2.05) is 0 Å². The van der Waals surface area contributed by atoms with Crippen LogP contribution >= 0.6 is 31.9 Å². The maximum Gasteiger partial charge on any atom is 0.162 e. The molecule has 0 saturated carbocycles. The molecule has 0 fully saturated rings. The molecule has 2 rings (SSSR count). The van der Waals surface area contributed by atoms with E-state index in [2.05, 4.69) is 31.9 Å². The lowest BCUT2D eigenvalue weighted by Gasteiger charge is -2.12. The zero-order valence-electron chi connectivity index (χ0n) is 9.64. The van der Waals surface area contributed by atoms with E-state index in [-0.39, 0.29) is 22.6 Å². The molecule has 100 valence electrons. The molecule has 0 aliphatic carbocycles. The van der Waals surface area contributed by atoms with Gasteiger partial charge in [-0.25, -0.2) is 13.2 Å². The van der Waals surface area contributed by atoms with Gasteiger partial charge in [-0.2, -0.15) is 0 Å². The monoisotopic (exact) mass is 392 g/mol. The van der Waals surface area contributed by atoms with Crippen molar-refractivity contribution >= 4 is 31.9 Å². The van der Waals surface area contributed by atoms with E-state index in [9.17, 15) is 13.2 Å². The smallest absolute Gasteiger partial charge is 0.162 e. The molecule has 0 aliphatic rings. The van der Waals surface area contributed by atoms with Crippen LogP contribution in [0.1, 0.15) is 16.0 Å². The van der Waals surface area contributed by atoms with Crippen LogP contribution in [0.2, 0.25) is 0 Å². The highest BCUT2D eigenvalue weighted by atomic mass is 79.9. The summed E-state index contributed by atoms with van der Waals surface area (Å²) in [5.41, 5.74) is 0.926. The van der Waals surface area contributed by atoms with Gasteiger partial charge in [0.25, 0.3) is 0 Å². The van der Waals surface area contributed by atoms with Crippen molar-refractivity contribution in [1.82, 2.24) is 0 Å². The Morgan fingerprint density at radius 3 is 2.42 bits per heavy atom. The first kappa shape index (κ1) is 14.6. The second kappa shape index (κ2) is 6.09. The Morgan fingerprint density at radius 1 is 1.00 bits per heavy atom. The van der Waals surface area contributed by atoms with Crippen LogP contribution in [0, 0.1) is 17.5 Å². The SMILES string of the molecule is Fc1cc(C(Br)Cc2cccc(F)c2F)ccc1Br. The van der Waals surface area contributed by atoms with Gasteiger partial charge in [-0.05, 0) is 51.7 Å². The molecule has 0 nitrogen and oxygen atoms in total. The average Bonchev–Trinajstić information content (AvgIpc) is 2.38. The quantitative estimate of drug-likeness (QED) is 0.600. The largest absolute Gasteiger partial charge is 0.206 e. The molecule has 0 amide bonds. The Labute approximate surface area is 125 Å². The third-order valence-corrected chi connectivity index (χ3v) is 4.23. The zero-order chi connectivity index (χ0) is 14.0. The van der Waals surface area contributed by atoms with Crippen LogP contribution in [0.25, 0.3) is 0 Å². The third kappa shape index (κ3) is 3.39. The summed E-state index contributed by atoms with van der Waals surface area (Å²) in [5, 5.41) is 0. The maximum atomic E-state index is 13.5. The van der Waals surface area contributed by atoms with Gasteiger partial charge in [-0.15, -0.1) is 0 Å². The molecular formula is C14H9Br2F3. The molecule has 0 N–H and O–H groups in total. The second-order valence-corrected chi connectivity index (χ2v) is 6.02. The van der Waals surface area contributed by atoms with Crippen molar-refractivity contribution in [1.29, 1.82) is 0 Å². The maximum absolute atomic E-state index is 13.5. The van der Waals surface area contributed by atoms with Crippen molar-refractivity contribution in [3.63, 3.8) is 0 Å². The minimum absolute atomic E-state index is 0.241. The number of rotatable bonds is 3. The lowest BCUT2D eigenvalue weighted by Crippen LogP contribution is -2.00. The summed E-state index contributed by atoms with van der Waals surface area (Å²) in [7, 11) is 0. The molecule has 0 bridgehead atoms. The summed E-state index contributed by atoms with van der Waals surface area (Å²) in [4.78, 5) is -0.286. The van der Waals surface area contributed by atoms with E-state index in [1.165, 1.54) is 18.2 Å². The fourth-order valence-corrected chi connectivity index (χ4v) is 2.60. The molecule has 0 saturated heterocycles. The van der Waals surface area contributed by atoms with Crippen LogP contribution in [-0.4, -0.2) is 0 Å². The normalized spacial score (nSPS) is 12.5. The minimum atomic E-state index is -0.876. The Balaban J connectivity index is 2.23. The predicted molar refractivity (Wildman–Crippen MR) is 75.8 cm³/mol.